The lowest BCUT2D eigenvalue weighted by Crippen LogP contribution is -2.39. The molecule has 0 radical (unpaired) electrons. The highest BCUT2D eigenvalue weighted by Crippen LogP contribution is 2.13. The van der Waals surface area contributed by atoms with Gasteiger partial charge in [-0.25, -0.2) is 0 Å². The summed E-state index contributed by atoms with van der Waals surface area (Å²) in [7, 11) is 0. The lowest BCUT2D eigenvalue weighted by atomic mass is 10.1. The Labute approximate surface area is 90.7 Å². The van der Waals surface area contributed by atoms with Crippen LogP contribution < -0.4 is 11.1 Å². The van der Waals surface area contributed by atoms with E-state index in [1.807, 2.05) is 32.0 Å². The first kappa shape index (κ1) is 11.7. The van der Waals surface area contributed by atoms with E-state index >= 15 is 0 Å². The van der Waals surface area contributed by atoms with Gasteiger partial charge in [0, 0.05) is 0 Å². The fourth-order valence-electron chi connectivity index (χ4n) is 1.37. The van der Waals surface area contributed by atoms with E-state index in [1.165, 1.54) is 5.56 Å². The molecule has 0 aromatic heterocycles. The predicted molar refractivity (Wildman–Crippen MR) is 61.4 cm³/mol. The summed E-state index contributed by atoms with van der Waals surface area (Å²) in [6.07, 6.45) is 0. The number of nitrogens with one attached hydrogen (secondary N) is 1. The molecule has 3 N–H and O–H groups in total. The van der Waals surface area contributed by atoms with Crippen molar-refractivity contribution in [3.05, 3.63) is 35.4 Å². The van der Waals surface area contributed by atoms with Gasteiger partial charge in [0.05, 0.1) is 12.1 Å². The first-order valence-electron chi connectivity index (χ1n) is 5.13. The van der Waals surface area contributed by atoms with Crippen molar-refractivity contribution in [1.82, 2.24) is 5.32 Å². The van der Waals surface area contributed by atoms with Gasteiger partial charge < -0.3 is 11.1 Å². The minimum atomic E-state index is -0.461. The van der Waals surface area contributed by atoms with Gasteiger partial charge in [-0.15, -0.1) is 0 Å². The Balaban J connectivity index is 2.69. The fraction of sp³-hybridized carbons (Fsp3) is 0.417. The SMILES string of the molecule is Cc1cccc([C@H](C)NC(=O)[C@@H](C)N)c1. The van der Waals surface area contributed by atoms with Gasteiger partial charge in [0.1, 0.15) is 0 Å². The first-order valence-corrected chi connectivity index (χ1v) is 5.13. The summed E-state index contributed by atoms with van der Waals surface area (Å²) in [6.45, 7) is 5.66. The lowest BCUT2D eigenvalue weighted by molar-refractivity contribution is -0.122. The molecule has 3 nitrogen and oxygen atoms in total. The van der Waals surface area contributed by atoms with Crippen LogP contribution in [0.15, 0.2) is 24.3 Å². The predicted octanol–water partition coefficient (Wildman–Crippen LogP) is 1.52. The second-order valence-corrected chi connectivity index (χ2v) is 3.93. The van der Waals surface area contributed by atoms with Crippen molar-refractivity contribution in [2.45, 2.75) is 32.9 Å². The first-order chi connectivity index (χ1) is 7.00. The zero-order valence-electron chi connectivity index (χ0n) is 9.45. The molecule has 0 heterocycles. The van der Waals surface area contributed by atoms with E-state index in [0.29, 0.717) is 0 Å². The fourth-order valence-corrected chi connectivity index (χ4v) is 1.37. The summed E-state index contributed by atoms with van der Waals surface area (Å²) in [5, 5.41) is 2.86. The molecule has 1 rings (SSSR count). The number of rotatable bonds is 3. The molecule has 0 saturated heterocycles. The number of hydrogen-bond acceptors (Lipinski definition) is 2. The molecule has 15 heavy (non-hydrogen) atoms. The molecule has 0 spiro atoms. The van der Waals surface area contributed by atoms with Crippen molar-refractivity contribution in [3.63, 3.8) is 0 Å². The smallest absolute Gasteiger partial charge is 0.237 e. The quantitative estimate of drug-likeness (QED) is 0.787. The van der Waals surface area contributed by atoms with E-state index in [-0.39, 0.29) is 11.9 Å². The van der Waals surface area contributed by atoms with Crippen molar-refractivity contribution < 1.29 is 4.79 Å². The number of nitrogens with two attached hydrogens (primary N) is 1. The average Bonchev–Trinajstić information content (AvgIpc) is 2.17. The molecule has 0 bridgehead atoms. The molecule has 2 atom stereocenters. The van der Waals surface area contributed by atoms with E-state index in [2.05, 4.69) is 11.4 Å². The zero-order valence-corrected chi connectivity index (χ0v) is 9.45. The Morgan fingerprint density at radius 3 is 2.60 bits per heavy atom. The van der Waals surface area contributed by atoms with Crippen molar-refractivity contribution in [2.24, 2.45) is 5.73 Å². The standard InChI is InChI=1S/C12H18N2O/c1-8-5-4-6-11(7-8)10(3)14-12(15)9(2)13/h4-7,9-10H,13H2,1-3H3,(H,14,15)/t9-,10+/m1/s1. The number of carbonyl (C=O) groups is 1. The van der Waals surface area contributed by atoms with Gasteiger partial charge in [-0.05, 0) is 26.3 Å². The van der Waals surface area contributed by atoms with Crippen molar-refractivity contribution in [3.8, 4) is 0 Å². The summed E-state index contributed by atoms with van der Waals surface area (Å²) in [6, 6.07) is 7.62. The van der Waals surface area contributed by atoms with Gasteiger partial charge in [-0.3, -0.25) is 4.79 Å². The van der Waals surface area contributed by atoms with Crippen LogP contribution in [-0.4, -0.2) is 11.9 Å². The van der Waals surface area contributed by atoms with E-state index < -0.39 is 6.04 Å². The second kappa shape index (κ2) is 4.94. The largest absolute Gasteiger partial charge is 0.348 e. The van der Waals surface area contributed by atoms with Crippen molar-refractivity contribution >= 4 is 5.91 Å². The number of aryl methyl sites for hydroxylation is 1. The third kappa shape index (κ3) is 3.36. The molecule has 1 amide bonds. The summed E-state index contributed by atoms with van der Waals surface area (Å²) in [4.78, 5) is 11.4. The number of carbonyl (C=O) groups excluding carboxylic acids is 1. The monoisotopic (exact) mass is 206 g/mol. The normalized spacial score (nSPS) is 14.4. The molecule has 0 unspecified atom stereocenters. The summed E-state index contributed by atoms with van der Waals surface area (Å²) in [5.41, 5.74) is 7.77. The van der Waals surface area contributed by atoms with Crippen LogP contribution in [0.5, 0.6) is 0 Å². The molecule has 0 aliphatic carbocycles. The zero-order chi connectivity index (χ0) is 11.4. The number of hydrogen-bond donors (Lipinski definition) is 2. The maximum absolute atomic E-state index is 11.4. The maximum Gasteiger partial charge on any atom is 0.237 e. The van der Waals surface area contributed by atoms with Crippen LogP contribution in [0.25, 0.3) is 0 Å². The lowest BCUT2D eigenvalue weighted by Gasteiger charge is -2.16. The minimum absolute atomic E-state index is 0.00315. The maximum atomic E-state index is 11.4. The highest BCUT2D eigenvalue weighted by molar-refractivity contribution is 5.81. The molecule has 0 aliphatic rings. The Hall–Kier alpha value is -1.35. The van der Waals surface area contributed by atoms with Crippen LogP contribution in [0.4, 0.5) is 0 Å². The van der Waals surface area contributed by atoms with Crippen LogP contribution in [0, 0.1) is 6.92 Å². The van der Waals surface area contributed by atoms with Gasteiger partial charge >= 0.3 is 0 Å². The Bertz CT molecular complexity index is 347. The van der Waals surface area contributed by atoms with Gasteiger partial charge in [-0.1, -0.05) is 29.8 Å². The third-order valence-corrected chi connectivity index (χ3v) is 2.31. The van der Waals surface area contributed by atoms with Crippen LogP contribution in [0.2, 0.25) is 0 Å². The molecule has 0 saturated carbocycles. The van der Waals surface area contributed by atoms with Crippen LogP contribution >= 0.6 is 0 Å². The Kier molecular flexibility index (Phi) is 3.86. The highest BCUT2D eigenvalue weighted by Gasteiger charge is 2.12. The van der Waals surface area contributed by atoms with Gasteiger partial charge in [0.25, 0.3) is 0 Å². The van der Waals surface area contributed by atoms with E-state index in [1.54, 1.807) is 6.92 Å². The highest BCUT2D eigenvalue weighted by atomic mass is 16.2. The van der Waals surface area contributed by atoms with Gasteiger partial charge in [0.2, 0.25) is 5.91 Å². The van der Waals surface area contributed by atoms with Crippen molar-refractivity contribution in [2.75, 3.05) is 0 Å². The van der Waals surface area contributed by atoms with Gasteiger partial charge in [-0.2, -0.15) is 0 Å². The van der Waals surface area contributed by atoms with E-state index in [0.717, 1.165) is 5.56 Å². The molecular weight excluding hydrogens is 188 g/mol. The van der Waals surface area contributed by atoms with Crippen LogP contribution in [0.1, 0.15) is 31.0 Å². The molecule has 1 aromatic carbocycles. The number of amides is 1. The van der Waals surface area contributed by atoms with Crippen LogP contribution in [-0.2, 0) is 4.79 Å². The summed E-state index contributed by atoms with van der Waals surface area (Å²) in [5.74, 6) is -0.121. The van der Waals surface area contributed by atoms with Crippen molar-refractivity contribution in [1.29, 1.82) is 0 Å². The Morgan fingerprint density at radius 2 is 2.07 bits per heavy atom. The molecule has 0 fully saturated rings. The second-order valence-electron chi connectivity index (χ2n) is 3.93. The molecule has 1 aromatic rings. The minimum Gasteiger partial charge on any atom is -0.348 e. The van der Waals surface area contributed by atoms with E-state index in [9.17, 15) is 4.79 Å². The molecule has 0 aliphatic heterocycles. The molecule has 3 heteroatoms. The topological polar surface area (TPSA) is 55.1 Å². The van der Waals surface area contributed by atoms with Gasteiger partial charge in [0.15, 0.2) is 0 Å². The summed E-state index contributed by atoms with van der Waals surface area (Å²) < 4.78 is 0. The molecule has 82 valence electrons. The average molecular weight is 206 g/mol. The summed E-state index contributed by atoms with van der Waals surface area (Å²) >= 11 is 0. The van der Waals surface area contributed by atoms with E-state index in [4.69, 9.17) is 5.73 Å². The Morgan fingerprint density at radius 1 is 1.40 bits per heavy atom. The molecular formula is C12H18N2O. The number of benzene rings is 1. The van der Waals surface area contributed by atoms with Crippen LogP contribution in [0.3, 0.4) is 0 Å². The third-order valence-electron chi connectivity index (χ3n) is 2.31.